The molecule has 1 fully saturated rings. The van der Waals surface area contributed by atoms with E-state index in [1.807, 2.05) is 0 Å². The van der Waals surface area contributed by atoms with Crippen molar-refractivity contribution < 1.29 is 4.74 Å². The number of piperazine rings is 1. The molecule has 0 N–H and O–H groups in total. The van der Waals surface area contributed by atoms with Crippen molar-refractivity contribution in [1.82, 2.24) is 9.80 Å². The molecule has 0 bridgehead atoms. The summed E-state index contributed by atoms with van der Waals surface area (Å²) in [5.41, 5.74) is 0. The molecule has 3 nitrogen and oxygen atoms in total. The zero-order chi connectivity index (χ0) is 8.97. The molecule has 0 saturated carbocycles. The van der Waals surface area contributed by atoms with Gasteiger partial charge < -0.3 is 14.5 Å². The molecule has 0 aromatic heterocycles. The molecule has 0 aromatic carbocycles. The van der Waals surface area contributed by atoms with Crippen molar-refractivity contribution >= 4 is 0 Å². The van der Waals surface area contributed by atoms with E-state index >= 15 is 0 Å². The van der Waals surface area contributed by atoms with Crippen LogP contribution in [0.1, 0.15) is 6.42 Å². The van der Waals surface area contributed by atoms with E-state index in [4.69, 9.17) is 4.74 Å². The fourth-order valence-corrected chi connectivity index (χ4v) is 1.67. The molecular weight excluding hydrogens is 152 g/mol. The minimum absolute atomic E-state index is 0.684. The van der Waals surface area contributed by atoms with E-state index in [1.54, 1.807) is 7.11 Å². The Kier molecular flexibility index (Phi) is 3.98. The van der Waals surface area contributed by atoms with Gasteiger partial charge in [0.2, 0.25) is 0 Å². The van der Waals surface area contributed by atoms with Crippen LogP contribution in [0.15, 0.2) is 0 Å². The topological polar surface area (TPSA) is 15.7 Å². The van der Waals surface area contributed by atoms with Crippen molar-refractivity contribution in [2.24, 2.45) is 0 Å². The van der Waals surface area contributed by atoms with E-state index < -0.39 is 0 Å². The normalized spacial score (nSPS) is 27.8. The fraction of sp³-hybridized carbons (Fsp3) is 1.00. The fourth-order valence-electron chi connectivity index (χ4n) is 1.67. The molecule has 1 atom stereocenters. The molecule has 1 aliphatic rings. The maximum atomic E-state index is 5.08. The minimum atomic E-state index is 0.684. The van der Waals surface area contributed by atoms with Crippen molar-refractivity contribution in [3.8, 4) is 0 Å². The summed E-state index contributed by atoms with van der Waals surface area (Å²) in [6, 6.07) is 0.684. The monoisotopic (exact) mass is 172 g/mol. The van der Waals surface area contributed by atoms with Crippen LogP contribution in [0.3, 0.4) is 0 Å². The predicted octanol–water partition coefficient (Wildman–Crippen LogP) is 0.269. The molecule has 0 radical (unpaired) electrons. The van der Waals surface area contributed by atoms with Gasteiger partial charge in [0.05, 0.1) is 0 Å². The lowest BCUT2D eigenvalue weighted by molar-refractivity contribution is 0.0834. The molecule has 1 heterocycles. The highest BCUT2D eigenvalue weighted by Gasteiger charge is 2.21. The van der Waals surface area contributed by atoms with E-state index in [-0.39, 0.29) is 0 Å². The third-order valence-electron chi connectivity index (χ3n) is 2.64. The van der Waals surface area contributed by atoms with Gasteiger partial charge in [-0.3, -0.25) is 0 Å². The molecular formula is C9H20N2O. The van der Waals surface area contributed by atoms with E-state index in [9.17, 15) is 0 Å². The van der Waals surface area contributed by atoms with Crippen LogP contribution in [0.4, 0.5) is 0 Å². The summed E-state index contributed by atoms with van der Waals surface area (Å²) in [6.07, 6.45) is 1.15. The second-order valence-electron chi connectivity index (χ2n) is 3.68. The Hall–Kier alpha value is -0.120. The van der Waals surface area contributed by atoms with Crippen LogP contribution in [-0.2, 0) is 4.74 Å². The first-order valence-electron chi connectivity index (χ1n) is 4.61. The predicted molar refractivity (Wildman–Crippen MR) is 50.4 cm³/mol. The van der Waals surface area contributed by atoms with Gasteiger partial charge >= 0.3 is 0 Å². The number of rotatable bonds is 3. The number of likely N-dealkylation sites (N-methyl/N-ethyl adjacent to an activating group) is 2. The number of hydrogen-bond donors (Lipinski definition) is 0. The molecule has 1 unspecified atom stereocenters. The van der Waals surface area contributed by atoms with Crippen molar-refractivity contribution in [2.75, 3.05) is 47.4 Å². The second kappa shape index (κ2) is 4.80. The Morgan fingerprint density at radius 3 is 2.75 bits per heavy atom. The standard InChI is InChI=1S/C9H20N2O/c1-10-5-6-11(2)9(8-10)4-7-12-3/h9H,4-8H2,1-3H3. The van der Waals surface area contributed by atoms with Gasteiger partial charge in [-0.2, -0.15) is 0 Å². The highest BCUT2D eigenvalue weighted by molar-refractivity contribution is 4.77. The van der Waals surface area contributed by atoms with Crippen LogP contribution < -0.4 is 0 Å². The molecule has 0 aromatic rings. The van der Waals surface area contributed by atoms with Crippen LogP contribution in [0.2, 0.25) is 0 Å². The lowest BCUT2D eigenvalue weighted by Crippen LogP contribution is -2.50. The average Bonchev–Trinajstić information content (AvgIpc) is 2.07. The van der Waals surface area contributed by atoms with Crippen LogP contribution >= 0.6 is 0 Å². The number of ether oxygens (including phenoxy) is 1. The van der Waals surface area contributed by atoms with Gasteiger partial charge in [-0.15, -0.1) is 0 Å². The number of nitrogens with zero attached hydrogens (tertiary/aromatic N) is 2. The summed E-state index contributed by atoms with van der Waals surface area (Å²) in [7, 11) is 6.16. The molecule has 3 heteroatoms. The largest absolute Gasteiger partial charge is 0.385 e. The van der Waals surface area contributed by atoms with Crippen LogP contribution in [0, 0.1) is 0 Å². The van der Waals surface area contributed by atoms with Crippen LogP contribution in [0.5, 0.6) is 0 Å². The van der Waals surface area contributed by atoms with E-state index in [1.165, 1.54) is 19.6 Å². The molecule has 12 heavy (non-hydrogen) atoms. The van der Waals surface area contributed by atoms with Crippen LogP contribution in [0.25, 0.3) is 0 Å². The molecule has 72 valence electrons. The van der Waals surface area contributed by atoms with Gasteiger partial charge in [0.1, 0.15) is 0 Å². The zero-order valence-electron chi connectivity index (χ0n) is 8.42. The third kappa shape index (κ3) is 2.73. The number of methoxy groups -OCH3 is 1. The Morgan fingerprint density at radius 2 is 2.08 bits per heavy atom. The summed E-state index contributed by atoms with van der Waals surface area (Å²) >= 11 is 0. The maximum Gasteiger partial charge on any atom is 0.0477 e. The molecule has 1 aliphatic heterocycles. The first-order valence-corrected chi connectivity index (χ1v) is 4.61. The highest BCUT2D eigenvalue weighted by atomic mass is 16.5. The van der Waals surface area contributed by atoms with Gasteiger partial charge in [0, 0.05) is 39.4 Å². The maximum absolute atomic E-state index is 5.08. The average molecular weight is 172 g/mol. The minimum Gasteiger partial charge on any atom is -0.385 e. The highest BCUT2D eigenvalue weighted by Crippen LogP contribution is 2.08. The lowest BCUT2D eigenvalue weighted by atomic mass is 10.1. The van der Waals surface area contributed by atoms with Gasteiger partial charge in [0.15, 0.2) is 0 Å². The summed E-state index contributed by atoms with van der Waals surface area (Å²) < 4.78 is 5.08. The van der Waals surface area contributed by atoms with Gasteiger partial charge in [0.25, 0.3) is 0 Å². The quantitative estimate of drug-likeness (QED) is 0.607. The van der Waals surface area contributed by atoms with E-state index in [2.05, 4.69) is 23.9 Å². The Labute approximate surface area is 75.3 Å². The first kappa shape index (κ1) is 9.96. The summed E-state index contributed by atoms with van der Waals surface area (Å²) in [5.74, 6) is 0. The summed E-state index contributed by atoms with van der Waals surface area (Å²) in [5, 5.41) is 0. The summed E-state index contributed by atoms with van der Waals surface area (Å²) in [4.78, 5) is 4.82. The Balaban J connectivity index is 2.28. The van der Waals surface area contributed by atoms with E-state index in [0.717, 1.165) is 13.0 Å². The third-order valence-corrected chi connectivity index (χ3v) is 2.64. The lowest BCUT2D eigenvalue weighted by Gasteiger charge is -2.37. The second-order valence-corrected chi connectivity index (χ2v) is 3.68. The van der Waals surface area contributed by atoms with Crippen molar-refractivity contribution in [2.45, 2.75) is 12.5 Å². The number of hydrogen-bond acceptors (Lipinski definition) is 3. The SMILES string of the molecule is COCCC1CN(C)CCN1C. The molecule has 0 aliphatic carbocycles. The van der Waals surface area contributed by atoms with Crippen LogP contribution in [-0.4, -0.2) is 63.3 Å². The van der Waals surface area contributed by atoms with Crippen molar-refractivity contribution in [1.29, 1.82) is 0 Å². The van der Waals surface area contributed by atoms with Crippen molar-refractivity contribution in [3.63, 3.8) is 0 Å². The molecule has 1 saturated heterocycles. The Morgan fingerprint density at radius 1 is 1.33 bits per heavy atom. The van der Waals surface area contributed by atoms with Crippen molar-refractivity contribution in [3.05, 3.63) is 0 Å². The van der Waals surface area contributed by atoms with Gasteiger partial charge in [-0.05, 0) is 20.5 Å². The van der Waals surface area contributed by atoms with Gasteiger partial charge in [-0.25, -0.2) is 0 Å². The molecule has 1 rings (SSSR count). The zero-order valence-corrected chi connectivity index (χ0v) is 8.42. The Bertz CT molecular complexity index is 130. The smallest absolute Gasteiger partial charge is 0.0477 e. The first-order chi connectivity index (χ1) is 5.74. The van der Waals surface area contributed by atoms with Gasteiger partial charge in [-0.1, -0.05) is 0 Å². The molecule has 0 spiro atoms. The van der Waals surface area contributed by atoms with E-state index in [0.29, 0.717) is 6.04 Å². The summed E-state index contributed by atoms with van der Waals surface area (Å²) in [6.45, 7) is 4.44. The molecule has 0 amide bonds.